The summed E-state index contributed by atoms with van der Waals surface area (Å²) in [6.45, 7) is 8.43. The summed E-state index contributed by atoms with van der Waals surface area (Å²) in [5, 5.41) is 3.39. The normalized spacial score (nSPS) is 22.0. The van der Waals surface area contributed by atoms with Gasteiger partial charge in [0, 0.05) is 12.6 Å². The highest BCUT2D eigenvalue weighted by Gasteiger charge is 2.18. The average molecular weight is 170 g/mol. The highest BCUT2D eigenvalue weighted by atomic mass is 15.2. The van der Waals surface area contributed by atoms with Crippen molar-refractivity contribution in [1.82, 2.24) is 10.2 Å². The van der Waals surface area contributed by atoms with Gasteiger partial charge in [-0.3, -0.25) is 0 Å². The van der Waals surface area contributed by atoms with Crippen LogP contribution < -0.4 is 5.32 Å². The molecule has 0 aromatic rings. The molecule has 0 amide bonds. The number of rotatable bonds is 4. The molecule has 0 aromatic carbocycles. The van der Waals surface area contributed by atoms with Gasteiger partial charge in [-0.05, 0) is 38.9 Å². The summed E-state index contributed by atoms with van der Waals surface area (Å²) >= 11 is 0. The summed E-state index contributed by atoms with van der Waals surface area (Å²) in [6.07, 6.45) is 2.79. The summed E-state index contributed by atoms with van der Waals surface area (Å²) < 4.78 is 0. The molecule has 2 heteroatoms. The van der Waals surface area contributed by atoms with Gasteiger partial charge < -0.3 is 10.2 Å². The largest absolute Gasteiger partial charge is 0.315 e. The van der Waals surface area contributed by atoms with Gasteiger partial charge >= 0.3 is 0 Å². The zero-order valence-electron chi connectivity index (χ0n) is 8.64. The molecule has 1 rings (SSSR count). The lowest BCUT2D eigenvalue weighted by atomic mass is 10.0. The average Bonchev–Trinajstić information content (AvgIpc) is 2.51. The first-order valence-corrected chi connectivity index (χ1v) is 5.13. The minimum Gasteiger partial charge on any atom is -0.315 e. The fourth-order valence-electron chi connectivity index (χ4n) is 1.88. The minimum absolute atomic E-state index is 0.670. The Morgan fingerprint density at radius 1 is 1.25 bits per heavy atom. The van der Waals surface area contributed by atoms with Gasteiger partial charge in [-0.1, -0.05) is 13.8 Å². The van der Waals surface area contributed by atoms with Crippen molar-refractivity contribution in [2.45, 2.75) is 32.7 Å². The first-order chi connectivity index (χ1) is 5.74. The highest BCUT2D eigenvalue weighted by molar-refractivity contribution is 4.76. The lowest BCUT2D eigenvalue weighted by Crippen LogP contribution is -2.41. The molecular formula is C10H22N2. The van der Waals surface area contributed by atoms with E-state index in [1.54, 1.807) is 0 Å². The van der Waals surface area contributed by atoms with Crippen LogP contribution in [0.5, 0.6) is 0 Å². The second-order valence-electron chi connectivity index (χ2n) is 4.15. The molecule has 0 aromatic heterocycles. The molecule has 1 saturated heterocycles. The molecule has 1 aliphatic rings. The van der Waals surface area contributed by atoms with Crippen molar-refractivity contribution in [3.8, 4) is 0 Å². The van der Waals surface area contributed by atoms with E-state index in [4.69, 9.17) is 0 Å². The smallest absolute Gasteiger partial charge is 0.0214 e. The van der Waals surface area contributed by atoms with Gasteiger partial charge in [0.1, 0.15) is 0 Å². The summed E-state index contributed by atoms with van der Waals surface area (Å²) in [7, 11) is 2.07. The van der Waals surface area contributed by atoms with Crippen LogP contribution in [0.15, 0.2) is 0 Å². The molecule has 12 heavy (non-hydrogen) atoms. The molecule has 0 saturated carbocycles. The van der Waals surface area contributed by atoms with E-state index in [0.717, 1.165) is 5.92 Å². The third-order valence-corrected chi connectivity index (χ3v) is 2.83. The van der Waals surface area contributed by atoms with Crippen molar-refractivity contribution >= 4 is 0 Å². The van der Waals surface area contributed by atoms with Crippen LogP contribution in [0.25, 0.3) is 0 Å². The molecule has 0 bridgehead atoms. The number of nitrogens with zero attached hydrogens (tertiary/aromatic N) is 1. The molecule has 0 radical (unpaired) electrons. The van der Waals surface area contributed by atoms with E-state index < -0.39 is 0 Å². The van der Waals surface area contributed by atoms with Crippen molar-refractivity contribution in [3.05, 3.63) is 0 Å². The van der Waals surface area contributed by atoms with E-state index >= 15 is 0 Å². The Morgan fingerprint density at radius 3 is 2.25 bits per heavy atom. The standard InChI is InChI=1S/C10H22N2/c1-9(2)10(11-3)8-12-6-4-5-7-12/h9-11H,4-8H2,1-3H3/t10-/m0/s1. The fraction of sp³-hybridized carbons (Fsp3) is 1.00. The van der Waals surface area contributed by atoms with Gasteiger partial charge in [0.2, 0.25) is 0 Å². The zero-order chi connectivity index (χ0) is 8.97. The molecule has 0 unspecified atom stereocenters. The van der Waals surface area contributed by atoms with Crippen LogP contribution in [0.2, 0.25) is 0 Å². The molecular weight excluding hydrogens is 148 g/mol. The third-order valence-electron chi connectivity index (χ3n) is 2.83. The highest BCUT2D eigenvalue weighted by Crippen LogP contribution is 2.10. The Labute approximate surface area is 76.3 Å². The number of likely N-dealkylation sites (tertiary alicyclic amines) is 1. The zero-order valence-corrected chi connectivity index (χ0v) is 8.64. The summed E-state index contributed by atoms with van der Waals surface area (Å²) in [5.74, 6) is 0.746. The summed E-state index contributed by atoms with van der Waals surface area (Å²) in [6, 6.07) is 0.670. The van der Waals surface area contributed by atoms with E-state index in [0.29, 0.717) is 6.04 Å². The number of hydrogen-bond donors (Lipinski definition) is 1. The predicted octanol–water partition coefficient (Wildman–Crippen LogP) is 1.33. The molecule has 1 atom stereocenters. The Kier molecular flexibility index (Phi) is 4.02. The molecule has 0 spiro atoms. The second-order valence-corrected chi connectivity index (χ2v) is 4.15. The van der Waals surface area contributed by atoms with Gasteiger partial charge in [-0.2, -0.15) is 0 Å². The molecule has 1 aliphatic heterocycles. The quantitative estimate of drug-likeness (QED) is 0.684. The van der Waals surface area contributed by atoms with Crippen molar-refractivity contribution in [3.63, 3.8) is 0 Å². The van der Waals surface area contributed by atoms with Gasteiger partial charge in [-0.15, -0.1) is 0 Å². The molecule has 1 fully saturated rings. The number of hydrogen-bond acceptors (Lipinski definition) is 2. The second kappa shape index (κ2) is 4.83. The predicted molar refractivity (Wildman–Crippen MR) is 53.4 cm³/mol. The van der Waals surface area contributed by atoms with Gasteiger partial charge in [0.15, 0.2) is 0 Å². The summed E-state index contributed by atoms with van der Waals surface area (Å²) in [5.41, 5.74) is 0. The maximum Gasteiger partial charge on any atom is 0.0214 e. The maximum absolute atomic E-state index is 3.39. The number of likely N-dealkylation sites (N-methyl/N-ethyl adjacent to an activating group) is 1. The molecule has 1 heterocycles. The van der Waals surface area contributed by atoms with Gasteiger partial charge in [0.25, 0.3) is 0 Å². The van der Waals surface area contributed by atoms with E-state index in [1.807, 2.05) is 0 Å². The third kappa shape index (κ3) is 2.76. The van der Waals surface area contributed by atoms with Gasteiger partial charge in [0.05, 0.1) is 0 Å². The first kappa shape index (κ1) is 10.0. The monoisotopic (exact) mass is 170 g/mol. The lowest BCUT2D eigenvalue weighted by Gasteiger charge is -2.25. The lowest BCUT2D eigenvalue weighted by molar-refractivity contribution is 0.263. The van der Waals surface area contributed by atoms with Crippen LogP contribution in [0.3, 0.4) is 0 Å². The van der Waals surface area contributed by atoms with E-state index in [9.17, 15) is 0 Å². The fourth-order valence-corrected chi connectivity index (χ4v) is 1.88. The Balaban J connectivity index is 2.26. The SMILES string of the molecule is CN[C@@H](CN1CCCC1)C(C)C. The van der Waals surface area contributed by atoms with Crippen molar-refractivity contribution < 1.29 is 0 Å². The van der Waals surface area contributed by atoms with Gasteiger partial charge in [-0.25, -0.2) is 0 Å². The molecule has 72 valence electrons. The van der Waals surface area contributed by atoms with Crippen LogP contribution in [-0.2, 0) is 0 Å². The first-order valence-electron chi connectivity index (χ1n) is 5.13. The van der Waals surface area contributed by atoms with Crippen LogP contribution in [-0.4, -0.2) is 37.6 Å². The van der Waals surface area contributed by atoms with Crippen LogP contribution in [0, 0.1) is 5.92 Å². The minimum atomic E-state index is 0.670. The van der Waals surface area contributed by atoms with Crippen molar-refractivity contribution in [1.29, 1.82) is 0 Å². The topological polar surface area (TPSA) is 15.3 Å². The number of nitrogens with one attached hydrogen (secondary N) is 1. The van der Waals surface area contributed by atoms with E-state index in [-0.39, 0.29) is 0 Å². The summed E-state index contributed by atoms with van der Waals surface area (Å²) in [4.78, 5) is 2.57. The van der Waals surface area contributed by atoms with Crippen LogP contribution >= 0.6 is 0 Å². The van der Waals surface area contributed by atoms with Crippen molar-refractivity contribution in [2.75, 3.05) is 26.7 Å². The van der Waals surface area contributed by atoms with E-state index in [1.165, 1.54) is 32.5 Å². The molecule has 0 aliphatic carbocycles. The maximum atomic E-state index is 3.39. The Hall–Kier alpha value is -0.0800. The van der Waals surface area contributed by atoms with Crippen molar-refractivity contribution in [2.24, 2.45) is 5.92 Å². The van der Waals surface area contributed by atoms with Crippen LogP contribution in [0.4, 0.5) is 0 Å². The van der Waals surface area contributed by atoms with E-state index in [2.05, 4.69) is 31.1 Å². The van der Waals surface area contributed by atoms with Crippen LogP contribution in [0.1, 0.15) is 26.7 Å². The molecule has 2 nitrogen and oxygen atoms in total. The Morgan fingerprint density at radius 2 is 1.83 bits per heavy atom. The Bertz CT molecular complexity index is 117. The molecule has 1 N–H and O–H groups in total.